The number of aryl methyl sites for hydroxylation is 1. The van der Waals surface area contributed by atoms with Crippen molar-refractivity contribution in [2.75, 3.05) is 5.32 Å². The first-order valence-corrected chi connectivity index (χ1v) is 6.03. The molecular formula is C13H10FN3O. The second-order valence-electron chi connectivity index (χ2n) is 4.83. The minimum absolute atomic E-state index is 0.147. The van der Waals surface area contributed by atoms with Gasteiger partial charge in [-0.25, -0.2) is 4.39 Å². The van der Waals surface area contributed by atoms with E-state index in [0.717, 1.165) is 35.9 Å². The molecule has 18 heavy (non-hydrogen) atoms. The Kier molecular flexibility index (Phi) is 1.79. The summed E-state index contributed by atoms with van der Waals surface area (Å²) in [6.45, 7) is 0. The van der Waals surface area contributed by atoms with Crippen molar-refractivity contribution in [2.45, 2.75) is 25.3 Å². The lowest BCUT2D eigenvalue weighted by Gasteiger charge is -2.19. The van der Waals surface area contributed by atoms with Gasteiger partial charge in [-0.15, -0.1) is 5.10 Å². The standard InChI is InChI=1S/C13H10FN3O/c14-6-4-7-11-10(5-6)15-8-2-1-3-9(12(8)11)16-17-13(7)18/h4-5,8,15H,1-3H2. The lowest BCUT2D eigenvalue weighted by molar-refractivity contribution is 0.595. The molecule has 2 aliphatic rings. The second kappa shape index (κ2) is 3.25. The monoisotopic (exact) mass is 243 g/mol. The summed E-state index contributed by atoms with van der Waals surface area (Å²) < 4.78 is 13.5. The predicted octanol–water partition coefficient (Wildman–Crippen LogP) is 1.93. The van der Waals surface area contributed by atoms with Gasteiger partial charge >= 0.3 is 0 Å². The van der Waals surface area contributed by atoms with Gasteiger partial charge in [0.05, 0.1) is 17.1 Å². The number of halogens is 1. The van der Waals surface area contributed by atoms with Crippen LogP contribution in [0.25, 0.3) is 10.8 Å². The van der Waals surface area contributed by atoms with Crippen molar-refractivity contribution in [1.82, 2.24) is 10.2 Å². The lowest BCUT2D eigenvalue weighted by atomic mass is 9.92. The van der Waals surface area contributed by atoms with Gasteiger partial charge in [-0.2, -0.15) is 5.10 Å². The molecule has 90 valence electrons. The molecule has 1 unspecified atom stereocenters. The molecule has 0 bridgehead atoms. The van der Waals surface area contributed by atoms with Gasteiger partial charge in [0.25, 0.3) is 5.56 Å². The van der Waals surface area contributed by atoms with Crippen LogP contribution in [0, 0.1) is 5.82 Å². The molecule has 0 radical (unpaired) electrons. The number of nitrogens with zero attached hydrogens (tertiary/aromatic N) is 2. The molecule has 0 fully saturated rings. The molecule has 0 saturated heterocycles. The van der Waals surface area contributed by atoms with E-state index in [4.69, 9.17) is 0 Å². The van der Waals surface area contributed by atoms with Crippen LogP contribution in [0.1, 0.15) is 30.1 Å². The van der Waals surface area contributed by atoms with Crippen molar-refractivity contribution in [3.63, 3.8) is 0 Å². The molecule has 2 heterocycles. The van der Waals surface area contributed by atoms with Crippen molar-refractivity contribution in [3.8, 4) is 0 Å². The summed E-state index contributed by atoms with van der Waals surface area (Å²) in [6, 6.07) is 2.85. The fourth-order valence-corrected chi connectivity index (χ4v) is 3.05. The zero-order valence-electron chi connectivity index (χ0n) is 9.53. The van der Waals surface area contributed by atoms with E-state index in [-0.39, 0.29) is 6.04 Å². The summed E-state index contributed by atoms with van der Waals surface area (Å²) in [4.78, 5) is 11.9. The van der Waals surface area contributed by atoms with Gasteiger partial charge in [0, 0.05) is 16.6 Å². The topological polar surface area (TPSA) is 54.9 Å². The first-order valence-electron chi connectivity index (χ1n) is 6.03. The van der Waals surface area contributed by atoms with Gasteiger partial charge in [-0.05, 0) is 31.4 Å². The third kappa shape index (κ3) is 1.16. The number of rotatable bonds is 0. The van der Waals surface area contributed by atoms with E-state index in [0.29, 0.717) is 11.1 Å². The molecule has 0 spiro atoms. The van der Waals surface area contributed by atoms with Crippen molar-refractivity contribution in [2.24, 2.45) is 0 Å². The Morgan fingerprint density at radius 1 is 1.33 bits per heavy atom. The highest BCUT2D eigenvalue weighted by Gasteiger charge is 2.30. The van der Waals surface area contributed by atoms with E-state index in [9.17, 15) is 9.18 Å². The average molecular weight is 243 g/mol. The first-order chi connectivity index (χ1) is 8.74. The van der Waals surface area contributed by atoms with Crippen molar-refractivity contribution >= 4 is 16.5 Å². The molecule has 1 aromatic heterocycles. The van der Waals surface area contributed by atoms with Gasteiger partial charge in [0.15, 0.2) is 0 Å². The van der Waals surface area contributed by atoms with Crippen molar-refractivity contribution in [3.05, 3.63) is 39.6 Å². The predicted molar refractivity (Wildman–Crippen MR) is 65.1 cm³/mol. The second-order valence-corrected chi connectivity index (χ2v) is 4.83. The van der Waals surface area contributed by atoms with Crippen LogP contribution in [0.5, 0.6) is 0 Å². The minimum atomic E-state index is -0.456. The maximum absolute atomic E-state index is 13.5. The van der Waals surface area contributed by atoms with E-state index in [1.165, 1.54) is 12.1 Å². The van der Waals surface area contributed by atoms with Gasteiger partial charge in [-0.3, -0.25) is 4.79 Å². The van der Waals surface area contributed by atoms with Gasteiger partial charge in [0.1, 0.15) is 5.82 Å². The molecular weight excluding hydrogens is 233 g/mol. The molecule has 5 heteroatoms. The van der Waals surface area contributed by atoms with Crippen molar-refractivity contribution < 1.29 is 4.39 Å². The van der Waals surface area contributed by atoms with Crippen LogP contribution >= 0.6 is 0 Å². The van der Waals surface area contributed by atoms with Crippen LogP contribution in [-0.2, 0) is 6.42 Å². The molecule has 4 rings (SSSR count). The highest BCUT2D eigenvalue weighted by molar-refractivity contribution is 5.99. The zero-order chi connectivity index (χ0) is 12.3. The summed E-state index contributed by atoms with van der Waals surface area (Å²) in [7, 11) is 0. The maximum atomic E-state index is 13.5. The molecule has 1 aliphatic heterocycles. The smallest absolute Gasteiger partial charge is 0.296 e. The van der Waals surface area contributed by atoms with Gasteiger partial charge in [-0.1, -0.05) is 0 Å². The van der Waals surface area contributed by atoms with Crippen LogP contribution < -0.4 is 10.9 Å². The fraction of sp³-hybridized carbons (Fsp3) is 0.308. The fourth-order valence-electron chi connectivity index (χ4n) is 3.05. The Bertz CT molecular complexity index is 744. The summed E-state index contributed by atoms with van der Waals surface area (Å²) in [5.74, 6) is -0.414. The Balaban J connectivity index is 2.28. The summed E-state index contributed by atoms with van der Waals surface area (Å²) in [6.07, 6.45) is 2.83. The maximum Gasteiger partial charge on any atom is 0.296 e. The third-order valence-electron chi connectivity index (χ3n) is 3.76. The van der Waals surface area contributed by atoms with E-state index in [1.54, 1.807) is 0 Å². The molecule has 1 aliphatic carbocycles. The largest absolute Gasteiger partial charge is 0.378 e. The van der Waals surface area contributed by atoms with Gasteiger partial charge < -0.3 is 5.32 Å². The van der Waals surface area contributed by atoms with E-state index in [1.807, 2.05) is 0 Å². The highest BCUT2D eigenvalue weighted by Crippen LogP contribution is 2.43. The van der Waals surface area contributed by atoms with Crippen LogP contribution in [-0.4, -0.2) is 10.2 Å². The normalized spacial score (nSPS) is 19.9. The molecule has 1 aromatic carbocycles. The van der Waals surface area contributed by atoms with Crippen LogP contribution in [0.2, 0.25) is 0 Å². The third-order valence-corrected chi connectivity index (χ3v) is 3.76. The minimum Gasteiger partial charge on any atom is -0.378 e. The van der Waals surface area contributed by atoms with Gasteiger partial charge in [0.2, 0.25) is 0 Å². The van der Waals surface area contributed by atoms with Crippen molar-refractivity contribution in [1.29, 1.82) is 0 Å². The lowest BCUT2D eigenvalue weighted by Crippen LogP contribution is -2.13. The number of anilines is 1. The highest BCUT2D eigenvalue weighted by atomic mass is 19.1. The molecule has 1 N–H and O–H groups in total. The summed E-state index contributed by atoms with van der Waals surface area (Å²) >= 11 is 0. The molecule has 2 aromatic rings. The number of benzene rings is 1. The number of hydrogen-bond donors (Lipinski definition) is 1. The van der Waals surface area contributed by atoms with E-state index in [2.05, 4.69) is 15.5 Å². The number of hydrogen-bond acceptors (Lipinski definition) is 4. The molecule has 0 saturated carbocycles. The average Bonchev–Trinajstić information content (AvgIpc) is 2.65. The SMILES string of the molecule is O=c1nnc2c3c4c(cc(F)cc14)NC3CCC2. The molecule has 4 nitrogen and oxygen atoms in total. The quantitative estimate of drug-likeness (QED) is 0.768. The van der Waals surface area contributed by atoms with E-state index < -0.39 is 11.4 Å². The van der Waals surface area contributed by atoms with Crippen LogP contribution in [0.15, 0.2) is 16.9 Å². The number of nitrogens with one attached hydrogen (secondary N) is 1. The summed E-state index contributed by atoms with van der Waals surface area (Å²) in [5, 5.41) is 12.2. The molecule has 1 atom stereocenters. The first kappa shape index (κ1) is 9.94. The Morgan fingerprint density at radius 3 is 3.11 bits per heavy atom. The Labute approximate surface area is 102 Å². The number of aromatic nitrogens is 2. The van der Waals surface area contributed by atoms with Crippen LogP contribution in [0.4, 0.5) is 10.1 Å². The van der Waals surface area contributed by atoms with Crippen LogP contribution in [0.3, 0.4) is 0 Å². The summed E-state index contributed by atoms with van der Waals surface area (Å²) in [5.41, 5.74) is 2.16. The Hall–Kier alpha value is -2.04. The zero-order valence-corrected chi connectivity index (χ0v) is 9.53. The van der Waals surface area contributed by atoms with E-state index >= 15 is 0 Å². The molecule has 0 amide bonds. The Morgan fingerprint density at radius 2 is 2.22 bits per heavy atom.